The summed E-state index contributed by atoms with van der Waals surface area (Å²) in [5, 5.41) is 0. The third-order valence-corrected chi connectivity index (χ3v) is 4.42. The Morgan fingerprint density at radius 2 is 1.76 bits per heavy atom. The molecule has 138 valence electrons. The third kappa shape index (κ3) is 6.40. The van der Waals surface area contributed by atoms with E-state index in [0.29, 0.717) is 25.4 Å². The van der Waals surface area contributed by atoms with Crippen LogP contribution in [0.15, 0.2) is 30.3 Å². The summed E-state index contributed by atoms with van der Waals surface area (Å²) in [6.45, 7) is 7.77. The highest BCUT2D eigenvalue weighted by atomic mass is 16.6. The molecule has 1 fully saturated rings. The summed E-state index contributed by atoms with van der Waals surface area (Å²) in [7, 11) is 1.87. The number of ether oxygens (including phenoxy) is 1. The van der Waals surface area contributed by atoms with Gasteiger partial charge in [-0.3, -0.25) is 4.79 Å². The molecule has 5 heteroatoms. The molecule has 1 saturated heterocycles. The number of carbonyl (C=O) groups excluding carboxylic acids is 2. The van der Waals surface area contributed by atoms with Gasteiger partial charge < -0.3 is 14.5 Å². The summed E-state index contributed by atoms with van der Waals surface area (Å²) in [6, 6.07) is 9.82. The van der Waals surface area contributed by atoms with E-state index in [1.807, 2.05) is 63.1 Å². The number of piperidine rings is 1. The van der Waals surface area contributed by atoms with E-state index in [1.54, 1.807) is 4.90 Å². The van der Waals surface area contributed by atoms with E-state index in [0.717, 1.165) is 24.9 Å². The van der Waals surface area contributed by atoms with Crippen molar-refractivity contribution in [2.24, 2.45) is 5.92 Å². The molecule has 0 spiro atoms. The van der Waals surface area contributed by atoms with Crippen LogP contribution in [0.25, 0.3) is 0 Å². The van der Waals surface area contributed by atoms with E-state index in [9.17, 15) is 9.59 Å². The Bertz CT molecular complexity index is 572. The van der Waals surface area contributed by atoms with E-state index in [1.165, 1.54) is 0 Å². The van der Waals surface area contributed by atoms with Crippen molar-refractivity contribution in [1.29, 1.82) is 0 Å². The largest absolute Gasteiger partial charge is 0.444 e. The average Bonchev–Trinajstić information content (AvgIpc) is 2.54. The molecule has 0 atom stereocenters. The van der Waals surface area contributed by atoms with Crippen molar-refractivity contribution >= 4 is 12.0 Å². The fraction of sp³-hybridized carbons (Fsp3) is 0.600. The van der Waals surface area contributed by atoms with E-state index < -0.39 is 5.60 Å². The van der Waals surface area contributed by atoms with Crippen molar-refractivity contribution in [3.05, 3.63) is 35.9 Å². The van der Waals surface area contributed by atoms with Gasteiger partial charge in [-0.2, -0.15) is 0 Å². The zero-order chi connectivity index (χ0) is 18.4. The Morgan fingerprint density at radius 3 is 2.32 bits per heavy atom. The molecule has 2 rings (SSSR count). The molecule has 0 aliphatic carbocycles. The van der Waals surface area contributed by atoms with Gasteiger partial charge in [-0.15, -0.1) is 0 Å². The number of likely N-dealkylation sites (tertiary alicyclic amines) is 1. The highest BCUT2D eigenvalue weighted by molar-refractivity contribution is 5.78. The van der Waals surface area contributed by atoms with Crippen LogP contribution >= 0.6 is 0 Å². The molecule has 2 amide bonds. The van der Waals surface area contributed by atoms with Gasteiger partial charge in [0, 0.05) is 26.7 Å². The fourth-order valence-electron chi connectivity index (χ4n) is 3.02. The SMILES string of the molecule is CN(CC1CCN(C(=O)OC(C)(C)C)CC1)C(=O)Cc1ccccc1. The number of hydrogen-bond acceptors (Lipinski definition) is 3. The standard InChI is InChI=1S/C20H30N2O3/c1-20(2,3)25-19(24)22-12-10-17(11-13-22)15-21(4)18(23)14-16-8-6-5-7-9-16/h5-9,17H,10-15H2,1-4H3. The molecule has 1 aliphatic rings. The summed E-state index contributed by atoms with van der Waals surface area (Å²) >= 11 is 0. The van der Waals surface area contributed by atoms with Crippen molar-refractivity contribution in [2.75, 3.05) is 26.7 Å². The second-order valence-electron chi connectivity index (χ2n) is 7.85. The zero-order valence-electron chi connectivity index (χ0n) is 15.8. The first kappa shape index (κ1) is 19.3. The van der Waals surface area contributed by atoms with Crippen molar-refractivity contribution in [1.82, 2.24) is 9.80 Å². The number of hydrogen-bond donors (Lipinski definition) is 0. The Balaban J connectivity index is 1.75. The van der Waals surface area contributed by atoms with Gasteiger partial charge in [-0.1, -0.05) is 30.3 Å². The maximum atomic E-state index is 12.4. The van der Waals surface area contributed by atoms with Gasteiger partial charge in [0.15, 0.2) is 0 Å². The minimum atomic E-state index is -0.460. The van der Waals surface area contributed by atoms with Crippen LogP contribution in [-0.4, -0.2) is 54.1 Å². The second kappa shape index (κ2) is 8.37. The maximum Gasteiger partial charge on any atom is 0.410 e. The highest BCUT2D eigenvalue weighted by Gasteiger charge is 2.27. The Hall–Kier alpha value is -2.04. The number of rotatable bonds is 4. The lowest BCUT2D eigenvalue weighted by Crippen LogP contribution is -2.44. The summed E-state index contributed by atoms with van der Waals surface area (Å²) in [6.07, 6.45) is 2.01. The van der Waals surface area contributed by atoms with Gasteiger partial charge in [0.2, 0.25) is 5.91 Å². The van der Waals surface area contributed by atoms with Crippen molar-refractivity contribution in [3.8, 4) is 0 Å². The minimum absolute atomic E-state index is 0.140. The highest BCUT2D eigenvalue weighted by Crippen LogP contribution is 2.20. The second-order valence-corrected chi connectivity index (χ2v) is 7.85. The van der Waals surface area contributed by atoms with Crippen LogP contribution in [0.1, 0.15) is 39.2 Å². The van der Waals surface area contributed by atoms with E-state index >= 15 is 0 Å². The van der Waals surface area contributed by atoms with Crippen molar-refractivity contribution < 1.29 is 14.3 Å². The van der Waals surface area contributed by atoms with E-state index in [-0.39, 0.29) is 12.0 Å². The topological polar surface area (TPSA) is 49.9 Å². The molecule has 1 heterocycles. The zero-order valence-corrected chi connectivity index (χ0v) is 15.8. The molecular formula is C20H30N2O3. The smallest absolute Gasteiger partial charge is 0.410 e. The minimum Gasteiger partial charge on any atom is -0.444 e. The van der Waals surface area contributed by atoms with E-state index in [2.05, 4.69) is 0 Å². The normalized spacial score (nSPS) is 15.8. The summed E-state index contributed by atoms with van der Waals surface area (Å²) in [5.74, 6) is 0.573. The fourth-order valence-corrected chi connectivity index (χ4v) is 3.02. The predicted molar refractivity (Wildman–Crippen MR) is 98.3 cm³/mol. The first-order chi connectivity index (χ1) is 11.7. The Kier molecular flexibility index (Phi) is 6.45. The first-order valence-corrected chi connectivity index (χ1v) is 9.00. The average molecular weight is 346 g/mol. The number of amides is 2. The lowest BCUT2D eigenvalue weighted by molar-refractivity contribution is -0.130. The molecule has 0 unspecified atom stereocenters. The number of benzene rings is 1. The lowest BCUT2D eigenvalue weighted by atomic mass is 9.96. The molecule has 0 N–H and O–H groups in total. The van der Waals surface area contributed by atoms with Crippen LogP contribution < -0.4 is 0 Å². The van der Waals surface area contributed by atoms with Crippen LogP contribution in [-0.2, 0) is 16.0 Å². The maximum absolute atomic E-state index is 12.4. The number of likely N-dealkylation sites (N-methyl/N-ethyl adjacent to an activating group) is 1. The van der Waals surface area contributed by atoms with Gasteiger partial charge in [0.25, 0.3) is 0 Å². The molecule has 1 aromatic rings. The first-order valence-electron chi connectivity index (χ1n) is 9.00. The van der Waals surface area contributed by atoms with Crippen molar-refractivity contribution in [2.45, 2.75) is 45.6 Å². The quantitative estimate of drug-likeness (QED) is 0.840. The lowest BCUT2D eigenvalue weighted by Gasteiger charge is -2.34. The van der Waals surface area contributed by atoms with Gasteiger partial charge in [0.1, 0.15) is 5.60 Å². The summed E-state index contributed by atoms with van der Waals surface area (Å²) in [4.78, 5) is 28.0. The van der Waals surface area contributed by atoms with Gasteiger partial charge in [0.05, 0.1) is 6.42 Å². The number of carbonyl (C=O) groups is 2. The molecule has 25 heavy (non-hydrogen) atoms. The van der Waals surface area contributed by atoms with Crippen molar-refractivity contribution in [3.63, 3.8) is 0 Å². The Labute approximate surface area is 150 Å². The summed E-state index contributed by atoms with van der Waals surface area (Å²) < 4.78 is 5.42. The van der Waals surface area contributed by atoms with Crippen LogP contribution in [0.5, 0.6) is 0 Å². The Morgan fingerprint density at radius 1 is 1.16 bits per heavy atom. The molecule has 0 saturated carbocycles. The summed E-state index contributed by atoms with van der Waals surface area (Å²) in [5.41, 5.74) is 0.581. The third-order valence-electron chi connectivity index (χ3n) is 4.42. The van der Waals surface area contributed by atoms with Crippen LogP contribution in [0, 0.1) is 5.92 Å². The molecule has 0 aromatic heterocycles. The van der Waals surface area contributed by atoms with Crippen LogP contribution in [0.2, 0.25) is 0 Å². The van der Waals surface area contributed by atoms with E-state index in [4.69, 9.17) is 4.74 Å². The molecule has 0 radical (unpaired) electrons. The monoisotopic (exact) mass is 346 g/mol. The molecule has 1 aliphatic heterocycles. The molecule has 0 bridgehead atoms. The van der Waals surface area contributed by atoms with Crippen LogP contribution in [0.3, 0.4) is 0 Å². The van der Waals surface area contributed by atoms with Gasteiger partial charge >= 0.3 is 6.09 Å². The predicted octanol–water partition coefficient (Wildman–Crippen LogP) is 3.33. The molecule has 5 nitrogen and oxygen atoms in total. The van der Waals surface area contributed by atoms with Gasteiger partial charge in [-0.05, 0) is 45.1 Å². The number of nitrogens with zero attached hydrogens (tertiary/aromatic N) is 2. The molecule has 1 aromatic carbocycles. The molecular weight excluding hydrogens is 316 g/mol. The van der Waals surface area contributed by atoms with Crippen LogP contribution in [0.4, 0.5) is 4.79 Å². The van der Waals surface area contributed by atoms with Gasteiger partial charge in [-0.25, -0.2) is 4.79 Å².